The molecule has 0 spiro atoms. The number of allylic oxidation sites excluding steroid dienone is 3. The van der Waals surface area contributed by atoms with Crippen molar-refractivity contribution in [1.29, 1.82) is 0 Å². The molecule has 0 aromatic rings. The second-order valence-corrected chi connectivity index (χ2v) is 10.1. The molecule has 28 heavy (non-hydrogen) atoms. The van der Waals surface area contributed by atoms with Crippen LogP contribution in [0, 0.1) is 28.1 Å². The first kappa shape index (κ1) is 21.1. The molecule has 3 aliphatic carbocycles. The molecular weight excluding hydrogens is 352 g/mol. The van der Waals surface area contributed by atoms with Gasteiger partial charge >= 0.3 is 11.9 Å². The number of carbonyl (C=O) groups excluding carboxylic acids is 2. The van der Waals surface area contributed by atoms with E-state index in [2.05, 4.69) is 44.2 Å². The quantitative estimate of drug-likeness (QED) is 0.368. The van der Waals surface area contributed by atoms with Gasteiger partial charge in [0.15, 0.2) is 0 Å². The van der Waals surface area contributed by atoms with Crippen molar-refractivity contribution < 1.29 is 19.1 Å². The van der Waals surface area contributed by atoms with Gasteiger partial charge < -0.3 is 9.47 Å². The predicted octanol–water partition coefficient (Wildman–Crippen LogP) is 5.23. The van der Waals surface area contributed by atoms with Crippen LogP contribution in [0.25, 0.3) is 0 Å². The van der Waals surface area contributed by atoms with E-state index in [1.165, 1.54) is 32.8 Å². The number of fused-ring (bicyclic) bond motifs is 3. The Bertz CT molecular complexity index is 680. The van der Waals surface area contributed by atoms with Gasteiger partial charge in [-0.2, -0.15) is 0 Å². The van der Waals surface area contributed by atoms with Crippen molar-refractivity contribution in [2.45, 2.75) is 72.1 Å². The van der Waals surface area contributed by atoms with Gasteiger partial charge in [-0.05, 0) is 61.2 Å². The van der Waals surface area contributed by atoms with Crippen LogP contribution in [0.4, 0.5) is 0 Å². The lowest BCUT2D eigenvalue weighted by Crippen LogP contribution is -2.51. The van der Waals surface area contributed by atoms with Crippen LogP contribution >= 0.6 is 0 Å². The Morgan fingerprint density at radius 3 is 2.64 bits per heavy atom. The molecule has 156 valence electrons. The van der Waals surface area contributed by atoms with Gasteiger partial charge in [-0.3, -0.25) is 9.59 Å². The van der Waals surface area contributed by atoms with Gasteiger partial charge in [-0.15, -0.1) is 6.58 Å². The lowest BCUT2D eigenvalue weighted by atomic mass is 9.46. The highest BCUT2D eigenvalue weighted by atomic mass is 16.5. The summed E-state index contributed by atoms with van der Waals surface area (Å²) in [6.07, 6.45) is 12.5. The zero-order chi connectivity index (χ0) is 20.6. The standard InChI is InChI=1S/C24H36O4/c1-6-22(2)13-10-18-17(15-22)8-9-19-23(3,11-7-12-24(18,19)4)16-28-21(26)14-20(25)27-5/h6,10,17,19H,1,7-9,11-16H2,2-5H3. The summed E-state index contributed by atoms with van der Waals surface area (Å²) in [6, 6.07) is 0. The third-order valence-corrected chi connectivity index (χ3v) is 8.03. The van der Waals surface area contributed by atoms with Gasteiger partial charge in [0.25, 0.3) is 0 Å². The Balaban J connectivity index is 1.76. The summed E-state index contributed by atoms with van der Waals surface area (Å²) in [6.45, 7) is 11.5. The first-order valence-electron chi connectivity index (χ1n) is 10.7. The number of carbonyl (C=O) groups is 2. The first-order valence-corrected chi connectivity index (χ1v) is 10.7. The Labute approximate surface area is 169 Å². The Kier molecular flexibility index (Phi) is 5.80. The summed E-state index contributed by atoms with van der Waals surface area (Å²) in [4.78, 5) is 23.4. The molecule has 3 aliphatic rings. The van der Waals surface area contributed by atoms with Crippen molar-refractivity contribution in [2.24, 2.45) is 28.1 Å². The fourth-order valence-corrected chi connectivity index (χ4v) is 6.41. The maximum atomic E-state index is 12.0. The summed E-state index contributed by atoms with van der Waals surface area (Å²) in [5.74, 6) is 0.145. The molecule has 4 heteroatoms. The van der Waals surface area contributed by atoms with Crippen molar-refractivity contribution in [2.75, 3.05) is 13.7 Å². The summed E-state index contributed by atoms with van der Waals surface area (Å²) in [7, 11) is 1.29. The fourth-order valence-electron chi connectivity index (χ4n) is 6.41. The van der Waals surface area contributed by atoms with Gasteiger partial charge in [0, 0.05) is 5.41 Å². The van der Waals surface area contributed by atoms with Crippen molar-refractivity contribution in [3.63, 3.8) is 0 Å². The van der Waals surface area contributed by atoms with E-state index >= 15 is 0 Å². The van der Waals surface area contributed by atoms with Crippen LogP contribution in [0.2, 0.25) is 0 Å². The lowest BCUT2D eigenvalue weighted by molar-refractivity contribution is -0.159. The molecule has 5 atom stereocenters. The number of ether oxygens (including phenoxy) is 2. The molecule has 0 saturated heterocycles. The summed E-state index contributed by atoms with van der Waals surface area (Å²) in [5, 5.41) is 0. The zero-order valence-electron chi connectivity index (χ0n) is 18.0. The Hall–Kier alpha value is -1.58. The maximum Gasteiger partial charge on any atom is 0.317 e. The van der Waals surface area contributed by atoms with Crippen LogP contribution in [0.1, 0.15) is 72.1 Å². The minimum Gasteiger partial charge on any atom is -0.469 e. The summed E-state index contributed by atoms with van der Waals surface area (Å²) in [5.41, 5.74) is 2.02. The molecule has 0 aliphatic heterocycles. The van der Waals surface area contributed by atoms with Crippen LogP contribution in [-0.2, 0) is 19.1 Å². The topological polar surface area (TPSA) is 52.6 Å². The van der Waals surface area contributed by atoms with Crippen LogP contribution in [-0.4, -0.2) is 25.7 Å². The van der Waals surface area contributed by atoms with Gasteiger partial charge in [0.2, 0.25) is 0 Å². The third-order valence-electron chi connectivity index (χ3n) is 8.03. The highest BCUT2D eigenvalue weighted by molar-refractivity contribution is 5.91. The Morgan fingerprint density at radius 1 is 1.21 bits per heavy atom. The number of hydrogen-bond donors (Lipinski definition) is 0. The van der Waals surface area contributed by atoms with Gasteiger partial charge in [-0.1, -0.05) is 44.9 Å². The molecule has 0 radical (unpaired) electrons. The first-order chi connectivity index (χ1) is 13.2. The fraction of sp³-hybridized carbons (Fsp3) is 0.750. The smallest absolute Gasteiger partial charge is 0.317 e. The highest BCUT2D eigenvalue weighted by Crippen LogP contribution is 2.63. The van der Waals surface area contributed by atoms with E-state index in [0.717, 1.165) is 19.3 Å². The van der Waals surface area contributed by atoms with E-state index in [1.807, 2.05) is 0 Å². The molecule has 0 heterocycles. The van der Waals surface area contributed by atoms with Gasteiger partial charge in [0.05, 0.1) is 13.7 Å². The number of methoxy groups -OCH3 is 1. The van der Waals surface area contributed by atoms with Gasteiger partial charge in [0.1, 0.15) is 6.42 Å². The molecular formula is C24H36O4. The minimum atomic E-state index is -0.540. The van der Waals surface area contributed by atoms with Crippen molar-refractivity contribution in [1.82, 2.24) is 0 Å². The molecule has 0 aromatic heterocycles. The minimum absolute atomic E-state index is 0.0379. The van der Waals surface area contributed by atoms with Gasteiger partial charge in [-0.25, -0.2) is 0 Å². The molecule has 3 rings (SSSR count). The van der Waals surface area contributed by atoms with Crippen molar-refractivity contribution in [3.05, 3.63) is 24.3 Å². The molecule has 0 aromatic carbocycles. The zero-order valence-corrected chi connectivity index (χ0v) is 18.0. The van der Waals surface area contributed by atoms with Crippen molar-refractivity contribution >= 4 is 11.9 Å². The van der Waals surface area contributed by atoms with E-state index in [9.17, 15) is 9.59 Å². The summed E-state index contributed by atoms with van der Waals surface area (Å²) >= 11 is 0. The van der Waals surface area contributed by atoms with E-state index in [-0.39, 0.29) is 22.7 Å². The monoisotopic (exact) mass is 388 g/mol. The van der Waals surface area contributed by atoms with Crippen LogP contribution < -0.4 is 0 Å². The molecule has 0 amide bonds. The third kappa shape index (κ3) is 3.79. The average Bonchev–Trinajstić information content (AvgIpc) is 2.66. The van der Waals surface area contributed by atoms with Crippen molar-refractivity contribution in [3.8, 4) is 0 Å². The van der Waals surface area contributed by atoms with Crippen LogP contribution in [0.3, 0.4) is 0 Å². The Morgan fingerprint density at radius 2 is 1.96 bits per heavy atom. The number of esters is 2. The predicted molar refractivity (Wildman–Crippen MR) is 109 cm³/mol. The lowest BCUT2D eigenvalue weighted by Gasteiger charge is -2.59. The largest absolute Gasteiger partial charge is 0.469 e. The average molecular weight is 389 g/mol. The molecule has 0 N–H and O–H groups in total. The van der Waals surface area contributed by atoms with Crippen LogP contribution in [0.15, 0.2) is 24.3 Å². The molecule has 4 nitrogen and oxygen atoms in total. The molecule has 2 fully saturated rings. The molecule has 5 unspecified atom stereocenters. The second kappa shape index (κ2) is 7.68. The SMILES string of the molecule is C=CC1(C)CC=C2C(CCC3C(C)(COC(=O)CC(=O)OC)CCCC23C)C1. The number of hydrogen-bond acceptors (Lipinski definition) is 4. The molecule has 0 bridgehead atoms. The van der Waals surface area contributed by atoms with E-state index in [4.69, 9.17) is 4.74 Å². The van der Waals surface area contributed by atoms with E-state index < -0.39 is 11.9 Å². The van der Waals surface area contributed by atoms with E-state index in [1.54, 1.807) is 5.57 Å². The highest BCUT2D eigenvalue weighted by Gasteiger charge is 2.55. The second-order valence-electron chi connectivity index (χ2n) is 10.1. The number of rotatable bonds is 5. The van der Waals surface area contributed by atoms with E-state index in [0.29, 0.717) is 18.4 Å². The molecule has 2 saturated carbocycles. The maximum absolute atomic E-state index is 12.0. The van der Waals surface area contributed by atoms with Crippen LogP contribution in [0.5, 0.6) is 0 Å². The normalized spacial score (nSPS) is 39.8. The summed E-state index contributed by atoms with van der Waals surface area (Å²) < 4.78 is 10.1.